The molecule has 10 heteroatoms. The standard InChI is InChI=1S/C28H20Cl2F3NO3S/c29-20-9-10-22(23(30)15-20)26(35)34(24(27(36)37)13-17-5-2-1-3-6-17)16-25-21(11-12-38-25)18-7-4-8-19(14-18)28(31,32)33/h1-12,14-15,24H,13,16H2,(H,36,37)/t24-/m0/s1. The molecular formula is C28H20Cl2F3NO3S. The maximum atomic E-state index is 13.8. The molecule has 0 saturated heterocycles. The predicted octanol–water partition coefficient (Wildman–Crippen LogP) is 8.08. The quantitative estimate of drug-likeness (QED) is 0.230. The molecule has 0 aliphatic rings. The summed E-state index contributed by atoms with van der Waals surface area (Å²) in [6.07, 6.45) is -4.51. The van der Waals surface area contributed by atoms with Crippen LogP contribution in [0.25, 0.3) is 11.1 Å². The highest BCUT2D eigenvalue weighted by Crippen LogP contribution is 2.36. The molecule has 0 fully saturated rings. The van der Waals surface area contributed by atoms with Gasteiger partial charge >= 0.3 is 12.1 Å². The monoisotopic (exact) mass is 577 g/mol. The van der Waals surface area contributed by atoms with Gasteiger partial charge in [-0.2, -0.15) is 13.2 Å². The zero-order valence-electron chi connectivity index (χ0n) is 19.6. The third-order valence-electron chi connectivity index (χ3n) is 5.92. The van der Waals surface area contributed by atoms with Crippen LogP contribution in [0.1, 0.15) is 26.4 Å². The lowest BCUT2D eigenvalue weighted by atomic mass is 10.0. The van der Waals surface area contributed by atoms with E-state index < -0.39 is 29.7 Å². The Morgan fingerprint density at radius 2 is 1.68 bits per heavy atom. The molecule has 1 N–H and O–H groups in total. The van der Waals surface area contributed by atoms with E-state index in [0.29, 0.717) is 26.6 Å². The lowest BCUT2D eigenvalue weighted by Gasteiger charge is -2.30. The largest absolute Gasteiger partial charge is 0.480 e. The van der Waals surface area contributed by atoms with Crippen molar-refractivity contribution >= 4 is 46.4 Å². The van der Waals surface area contributed by atoms with E-state index in [1.54, 1.807) is 47.8 Å². The minimum absolute atomic E-state index is 0.0113. The van der Waals surface area contributed by atoms with Crippen LogP contribution in [0.2, 0.25) is 10.0 Å². The van der Waals surface area contributed by atoms with Crippen LogP contribution in [0, 0.1) is 0 Å². The third-order valence-corrected chi connectivity index (χ3v) is 7.37. The van der Waals surface area contributed by atoms with Crippen molar-refractivity contribution in [2.75, 3.05) is 0 Å². The molecule has 0 aliphatic carbocycles. The van der Waals surface area contributed by atoms with Gasteiger partial charge in [0.2, 0.25) is 0 Å². The number of halogens is 5. The Labute approximate surface area is 230 Å². The van der Waals surface area contributed by atoms with Crippen LogP contribution in [-0.2, 0) is 23.9 Å². The molecule has 1 atom stereocenters. The van der Waals surface area contributed by atoms with E-state index in [-0.39, 0.29) is 23.6 Å². The number of rotatable bonds is 8. The molecule has 0 unspecified atom stereocenters. The number of amides is 1. The van der Waals surface area contributed by atoms with Gasteiger partial charge < -0.3 is 10.0 Å². The van der Waals surface area contributed by atoms with Crippen LogP contribution in [-0.4, -0.2) is 27.9 Å². The predicted molar refractivity (Wildman–Crippen MR) is 143 cm³/mol. The number of nitrogens with zero attached hydrogens (tertiary/aromatic N) is 1. The van der Waals surface area contributed by atoms with Crippen molar-refractivity contribution in [1.29, 1.82) is 0 Å². The van der Waals surface area contributed by atoms with Crippen LogP contribution < -0.4 is 0 Å². The van der Waals surface area contributed by atoms with E-state index in [4.69, 9.17) is 23.2 Å². The molecule has 0 radical (unpaired) electrons. The molecule has 4 nitrogen and oxygen atoms in total. The van der Waals surface area contributed by atoms with Crippen LogP contribution in [0.15, 0.2) is 84.2 Å². The second kappa shape index (κ2) is 11.6. The molecule has 3 aromatic carbocycles. The fourth-order valence-electron chi connectivity index (χ4n) is 4.05. The number of carboxylic acid groups (broad SMARTS) is 1. The highest BCUT2D eigenvalue weighted by atomic mass is 35.5. The maximum Gasteiger partial charge on any atom is 0.416 e. The van der Waals surface area contributed by atoms with Crippen LogP contribution in [0.5, 0.6) is 0 Å². The van der Waals surface area contributed by atoms with Gasteiger partial charge in [0.1, 0.15) is 6.04 Å². The molecule has 1 aromatic heterocycles. The number of carbonyl (C=O) groups excluding carboxylic acids is 1. The molecule has 0 aliphatic heterocycles. The zero-order valence-corrected chi connectivity index (χ0v) is 21.9. The maximum absolute atomic E-state index is 13.8. The highest BCUT2D eigenvalue weighted by molar-refractivity contribution is 7.10. The van der Waals surface area contributed by atoms with E-state index in [0.717, 1.165) is 12.1 Å². The lowest BCUT2D eigenvalue weighted by molar-refractivity contribution is -0.142. The average Bonchev–Trinajstić information content (AvgIpc) is 3.34. The van der Waals surface area contributed by atoms with Crippen LogP contribution in [0.3, 0.4) is 0 Å². The van der Waals surface area contributed by atoms with Crippen molar-refractivity contribution in [1.82, 2.24) is 4.90 Å². The number of benzene rings is 3. The summed E-state index contributed by atoms with van der Waals surface area (Å²) in [6, 6.07) is 18.4. The fraction of sp³-hybridized carbons (Fsp3) is 0.143. The molecule has 0 spiro atoms. The Morgan fingerprint density at radius 1 is 0.947 bits per heavy atom. The number of thiophene rings is 1. The van der Waals surface area contributed by atoms with E-state index in [1.807, 2.05) is 0 Å². The molecule has 38 heavy (non-hydrogen) atoms. The van der Waals surface area contributed by atoms with Crippen molar-refractivity contribution in [2.45, 2.75) is 25.2 Å². The second-order valence-corrected chi connectivity index (χ2v) is 10.3. The van der Waals surface area contributed by atoms with Gasteiger partial charge in [-0.15, -0.1) is 11.3 Å². The minimum Gasteiger partial charge on any atom is -0.480 e. The van der Waals surface area contributed by atoms with Gasteiger partial charge in [0.25, 0.3) is 5.91 Å². The number of carboxylic acids is 1. The first-order valence-corrected chi connectivity index (χ1v) is 12.9. The van der Waals surface area contributed by atoms with Crippen molar-refractivity contribution in [3.8, 4) is 11.1 Å². The Morgan fingerprint density at radius 3 is 2.34 bits per heavy atom. The topological polar surface area (TPSA) is 57.6 Å². The Kier molecular flexibility index (Phi) is 8.45. The Balaban J connectivity index is 1.77. The zero-order chi connectivity index (χ0) is 27.4. The van der Waals surface area contributed by atoms with Gasteiger partial charge in [-0.3, -0.25) is 4.79 Å². The fourth-order valence-corrected chi connectivity index (χ4v) is 5.43. The summed E-state index contributed by atoms with van der Waals surface area (Å²) < 4.78 is 40.0. The number of carbonyl (C=O) groups is 2. The molecule has 1 amide bonds. The van der Waals surface area contributed by atoms with Gasteiger partial charge in [0.15, 0.2) is 0 Å². The number of hydrogen-bond acceptors (Lipinski definition) is 3. The molecular weight excluding hydrogens is 558 g/mol. The molecule has 196 valence electrons. The van der Waals surface area contributed by atoms with Crippen molar-refractivity contribution in [3.05, 3.63) is 116 Å². The van der Waals surface area contributed by atoms with Gasteiger partial charge in [0.05, 0.1) is 22.7 Å². The lowest BCUT2D eigenvalue weighted by Crippen LogP contribution is -2.46. The molecule has 4 rings (SSSR count). The molecule has 0 bridgehead atoms. The van der Waals surface area contributed by atoms with Crippen molar-refractivity contribution < 1.29 is 27.9 Å². The smallest absolute Gasteiger partial charge is 0.416 e. The van der Waals surface area contributed by atoms with E-state index >= 15 is 0 Å². The van der Waals surface area contributed by atoms with Crippen molar-refractivity contribution in [3.63, 3.8) is 0 Å². The third kappa shape index (κ3) is 6.38. The first-order valence-electron chi connectivity index (χ1n) is 11.3. The molecule has 0 saturated carbocycles. The van der Waals surface area contributed by atoms with Crippen LogP contribution >= 0.6 is 34.5 Å². The van der Waals surface area contributed by atoms with E-state index in [2.05, 4.69) is 0 Å². The summed E-state index contributed by atoms with van der Waals surface area (Å²) >= 11 is 13.5. The molecule has 4 aromatic rings. The van der Waals surface area contributed by atoms with E-state index in [9.17, 15) is 27.9 Å². The van der Waals surface area contributed by atoms with Gasteiger partial charge in [-0.25, -0.2) is 4.79 Å². The summed E-state index contributed by atoms with van der Waals surface area (Å²) in [5.74, 6) is -1.87. The summed E-state index contributed by atoms with van der Waals surface area (Å²) in [4.78, 5) is 28.0. The molecule has 1 heterocycles. The van der Waals surface area contributed by atoms with Crippen LogP contribution in [0.4, 0.5) is 13.2 Å². The second-order valence-electron chi connectivity index (χ2n) is 8.44. The highest BCUT2D eigenvalue weighted by Gasteiger charge is 2.33. The number of aliphatic carboxylic acids is 1. The number of alkyl halides is 3. The SMILES string of the molecule is O=C(O)[C@H](Cc1ccccc1)N(Cc1sccc1-c1cccc(C(F)(F)F)c1)C(=O)c1ccc(Cl)cc1Cl. The Bertz CT molecular complexity index is 1460. The van der Waals surface area contributed by atoms with Crippen molar-refractivity contribution in [2.24, 2.45) is 0 Å². The summed E-state index contributed by atoms with van der Waals surface area (Å²) in [5.41, 5.74) is 0.741. The van der Waals surface area contributed by atoms with Gasteiger partial charge in [-0.1, -0.05) is 65.7 Å². The minimum atomic E-state index is -4.52. The average molecular weight is 578 g/mol. The number of hydrogen-bond donors (Lipinski definition) is 1. The van der Waals surface area contributed by atoms with Gasteiger partial charge in [0, 0.05) is 16.3 Å². The van der Waals surface area contributed by atoms with E-state index in [1.165, 1.54) is 40.5 Å². The summed E-state index contributed by atoms with van der Waals surface area (Å²) in [5, 5.41) is 12.2. The normalized spacial score (nSPS) is 12.2. The Hall–Kier alpha value is -3.33. The first-order chi connectivity index (χ1) is 18.0. The summed E-state index contributed by atoms with van der Waals surface area (Å²) in [6.45, 7) is -0.162. The van der Waals surface area contributed by atoms with Gasteiger partial charge in [-0.05, 0) is 58.5 Å². The first kappa shape index (κ1) is 27.7. The summed E-state index contributed by atoms with van der Waals surface area (Å²) in [7, 11) is 0.